The van der Waals surface area contributed by atoms with Crippen LogP contribution < -0.4 is 54.0 Å². The van der Waals surface area contributed by atoms with Crippen LogP contribution in [0.4, 0.5) is 0 Å². The Balaban J connectivity index is 1.82. The molecule has 0 spiro atoms. The predicted octanol–water partition coefficient (Wildman–Crippen LogP) is -1.36. The van der Waals surface area contributed by atoms with Crippen molar-refractivity contribution >= 4 is 91.7 Å². The minimum absolute atomic E-state index is 0.0164. The van der Waals surface area contributed by atoms with Crippen LogP contribution in [-0.4, -0.2) is 152 Å². The van der Waals surface area contributed by atoms with Crippen LogP contribution in [0.5, 0.6) is 5.75 Å². The molecule has 2 aromatic carbocycles. The topological polar surface area (TPSA) is 395 Å². The van der Waals surface area contributed by atoms with Gasteiger partial charge in [-0.05, 0) is 74.9 Å². The van der Waals surface area contributed by atoms with Crippen molar-refractivity contribution in [2.45, 2.75) is 121 Å². The second-order valence-corrected chi connectivity index (χ2v) is 20.4. The number of fused-ring (bicyclic) bond motifs is 1. The molecular formula is C47H65N11O13S2. The molecule has 73 heavy (non-hydrogen) atoms. The summed E-state index contributed by atoms with van der Waals surface area (Å²) in [7, 11) is 1.79. The van der Waals surface area contributed by atoms with Gasteiger partial charge in [0.1, 0.15) is 54.1 Å². The van der Waals surface area contributed by atoms with Gasteiger partial charge in [0.05, 0.1) is 12.5 Å². The molecule has 1 fully saturated rings. The molecule has 2 heterocycles. The lowest BCUT2D eigenvalue weighted by atomic mass is 10.0. The Morgan fingerprint density at radius 1 is 0.740 bits per heavy atom. The van der Waals surface area contributed by atoms with E-state index in [1.807, 2.05) is 0 Å². The number of H-pyrrole nitrogens is 1. The molecule has 4 rings (SSSR count). The predicted molar refractivity (Wildman–Crippen MR) is 271 cm³/mol. The monoisotopic (exact) mass is 1060 g/mol. The third-order valence-electron chi connectivity index (χ3n) is 11.5. The number of phenolic OH excluding ortho intramolecular Hbond substituents is 1. The highest BCUT2D eigenvalue weighted by Crippen LogP contribution is 2.24. The van der Waals surface area contributed by atoms with Gasteiger partial charge in [0.15, 0.2) is 0 Å². The Hall–Kier alpha value is -6.90. The maximum absolute atomic E-state index is 14.5. The lowest BCUT2D eigenvalue weighted by Gasteiger charge is -2.28. The number of aromatic hydroxyl groups is 1. The number of carbonyl (C=O) groups excluding carboxylic acids is 8. The van der Waals surface area contributed by atoms with Crippen LogP contribution in [0, 0.1) is 5.92 Å². The molecule has 1 aliphatic heterocycles. The van der Waals surface area contributed by atoms with Gasteiger partial charge in [0, 0.05) is 41.4 Å². The Morgan fingerprint density at radius 3 is 2.00 bits per heavy atom. The van der Waals surface area contributed by atoms with Gasteiger partial charge in [0.25, 0.3) is 0 Å². The SMILES string of the molecule is CC(C)[C@H](NC(=O)[C@@H]1CSSC[C@H](NC(=O)[C@H](CC(=O)O)NC(=O)[C@H](C)N)C(=O)N[C@@H](C)C(=O)N[C@@H](Cc2c[nH]c3ccccc23)C(=O)N[C@@H](CCCCN)C(=O)N[C@@H](Cc2ccc(O)cc2)C(=O)N1)C(=O)O. The highest BCUT2D eigenvalue weighted by atomic mass is 33.1. The van der Waals surface area contributed by atoms with Crippen molar-refractivity contribution in [3.8, 4) is 5.75 Å². The molecule has 16 N–H and O–H groups in total. The Morgan fingerprint density at radius 2 is 1.36 bits per heavy atom. The molecule has 26 heteroatoms. The van der Waals surface area contributed by atoms with Crippen LogP contribution >= 0.6 is 21.6 Å². The number of phenols is 1. The van der Waals surface area contributed by atoms with E-state index >= 15 is 0 Å². The molecule has 0 radical (unpaired) electrons. The highest BCUT2D eigenvalue weighted by molar-refractivity contribution is 8.76. The van der Waals surface area contributed by atoms with Crippen LogP contribution in [0.1, 0.15) is 64.5 Å². The zero-order valence-electron chi connectivity index (χ0n) is 40.7. The molecule has 0 unspecified atom stereocenters. The van der Waals surface area contributed by atoms with Crippen LogP contribution in [0.2, 0.25) is 0 Å². The normalized spacial score (nSPS) is 22.0. The molecule has 0 saturated carbocycles. The standard InChI is InChI=1S/C47H65N11O13S2/c1-23(2)38(47(70)71)58-46(69)36-22-73-72-21-35(56-44(67)34(19-37(60)61)53-39(62)24(3)49)45(68)51-25(4)40(63)54-33(18-27-20-50-30-10-6-5-9-29(27)30)43(66)52-31(11-7-8-16-48)41(64)55-32(42(65)57-36)17-26-12-14-28(59)15-13-26/h5-6,9-10,12-15,20,23-25,31-36,38,50,59H,7-8,11,16-19,21-22,48-49H2,1-4H3,(H,51,68)(H,52,66)(H,53,62)(H,54,63)(H,55,64)(H,56,67)(H,57,65)(H,58,69)(H,60,61)(H,70,71)/t24-,25-,31-,32-,33-,34-,35-,36-,38-/m0/s1. The number of benzene rings is 2. The first-order valence-electron chi connectivity index (χ1n) is 23.5. The highest BCUT2D eigenvalue weighted by Gasteiger charge is 2.36. The van der Waals surface area contributed by atoms with Crippen molar-refractivity contribution in [1.82, 2.24) is 47.5 Å². The number of carboxylic acid groups (broad SMARTS) is 2. The molecule has 1 saturated heterocycles. The van der Waals surface area contributed by atoms with E-state index in [0.717, 1.165) is 32.5 Å². The third-order valence-corrected chi connectivity index (χ3v) is 14.0. The summed E-state index contributed by atoms with van der Waals surface area (Å²) in [5.41, 5.74) is 13.2. The fourth-order valence-corrected chi connectivity index (χ4v) is 9.71. The van der Waals surface area contributed by atoms with E-state index in [1.165, 1.54) is 38.1 Å². The van der Waals surface area contributed by atoms with Gasteiger partial charge in [0.2, 0.25) is 47.3 Å². The van der Waals surface area contributed by atoms with Gasteiger partial charge in [-0.25, -0.2) is 4.79 Å². The molecule has 0 bridgehead atoms. The van der Waals surface area contributed by atoms with E-state index in [-0.39, 0.29) is 43.1 Å². The fraction of sp³-hybridized carbons (Fsp3) is 0.489. The number of aromatic nitrogens is 1. The average molecular weight is 1060 g/mol. The molecule has 1 aromatic heterocycles. The zero-order chi connectivity index (χ0) is 53.9. The van der Waals surface area contributed by atoms with Crippen molar-refractivity contribution < 1.29 is 63.3 Å². The minimum atomic E-state index is -1.72. The summed E-state index contributed by atoms with van der Waals surface area (Å²) in [5, 5.41) is 50.6. The van der Waals surface area contributed by atoms with Crippen molar-refractivity contribution in [3.05, 3.63) is 65.9 Å². The number of hydrogen-bond acceptors (Lipinski definition) is 15. The van der Waals surface area contributed by atoms with Gasteiger partial charge in [-0.15, -0.1) is 0 Å². The summed E-state index contributed by atoms with van der Waals surface area (Å²) in [5.74, 6) is -11.5. The number of carbonyl (C=O) groups is 10. The molecule has 8 amide bonds. The minimum Gasteiger partial charge on any atom is -0.508 e. The van der Waals surface area contributed by atoms with Gasteiger partial charge in [-0.1, -0.05) is 65.8 Å². The number of amides is 8. The first kappa shape index (κ1) is 58.7. The van der Waals surface area contributed by atoms with E-state index in [0.29, 0.717) is 24.0 Å². The number of para-hydroxylation sites is 1. The molecule has 24 nitrogen and oxygen atoms in total. The first-order chi connectivity index (χ1) is 34.6. The maximum Gasteiger partial charge on any atom is 0.326 e. The van der Waals surface area contributed by atoms with E-state index in [2.05, 4.69) is 47.5 Å². The Kier molecular flexibility index (Phi) is 22.8. The zero-order valence-corrected chi connectivity index (χ0v) is 42.4. The molecule has 9 atom stereocenters. The summed E-state index contributed by atoms with van der Waals surface area (Å²) in [6.45, 7) is 5.96. The molecule has 1 aliphatic rings. The van der Waals surface area contributed by atoms with E-state index in [9.17, 15) is 63.3 Å². The molecular weight excluding hydrogens is 991 g/mol. The largest absolute Gasteiger partial charge is 0.508 e. The summed E-state index contributed by atoms with van der Waals surface area (Å²) in [4.78, 5) is 139. The molecule has 398 valence electrons. The number of rotatable bonds is 18. The van der Waals surface area contributed by atoms with E-state index < -0.39 is 126 Å². The van der Waals surface area contributed by atoms with Gasteiger partial charge < -0.3 is 74.3 Å². The average Bonchev–Trinajstić information content (AvgIpc) is 3.74. The van der Waals surface area contributed by atoms with Crippen LogP contribution in [0.15, 0.2) is 54.7 Å². The Labute approximate surface area is 428 Å². The van der Waals surface area contributed by atoms with Crippen molar-refractivity contribution in [2.75, 3.05) is 18.1 Å². The number of nitrogens with one attached hydrogen (secondary N) is 9. The second kappa shape index (κ2) is 28.4. The summed E-state index contributed by atoms with van der Waals surface area (Å²) >= 11 is 0. The van der Waals surface area contributed by atoms with E-state index in [4.69, 9.17) is 11.5 Å². The van der Waals surface area contributed by atoms with E-state index in [1.54, 1.807) is 44.3 Å². The molecule has 3 aromatic rings. The van der Waals surface area contributed by atoms with Crippen LogP contribution in [-0.2, 0) is 60.8 Å². The number of hydrogen-bond donors (Lipinski definition) is 14. The number of nitrogens with two attached hydrogens (primary N) is 2. The number of unbranched alkanes of at least 4 members (excludes halogenated alkanes) is 1. The maximum atomic E-state index is 14.5. The number of carboxylic acids is 2. The van der Waals surface area contributed by atoms with Crippen molar-refractivity contribution in [2.24, 2.45) is 17.4 Å². The van der Waals surface area contributed by atoms with Crippen LogP contribution in [0.3, 0.4) is 0 Å². The summed E-state index contributed by atoms with van der Waals surface area (Å²) < 4.78 is 0. The van der Waals surface area contributed by atoms with Gasteiger partial charge >= 0.3 is 11.9 Å². The van der Waals surface area contributed by atoms with Gasteiger partial charge in [-0.2, -0.15) is 0 Å². The second-order valence-electron chi connectivity index (χ2n) is 17.8. The summed E-state index contributed by atoms with van der Waals surface area (Å²) in [6.07, 6.45) is 1.19. The number of aliphatic carboxylic acids is 2. The Bertz CT molecular complexity index is 2460. The van der Waals surface area contributed by atoms with Crippen molar-refractivity contribution in [3.63, 3.8) is 0 Å². The van der Waals surface area contributed by atoms with Crippen LogP contribution in [0.25, 0.3) is 10.9 Å². The smallest absolute Gasteiger partial charge is 0.326 e. The lowest BCUT2D eigenvalue weighted by Crippen LogP contribution is -2.61. The first-order valence-corrected chi connectivity index (χ1v) is 26.0. The third kappa shape index (κ3) is 18.3. The molecule has 0 aliphatic carbocycles. The quantitative estimate of drug-likeness (QED) is 0.0517. The van der Waals surface area contributed by atoms with Gasteiger partial charge in [-0.3, -0.25) is 43.2 Å². The lowest BCUT2D eigenvalue weighted by molar-refractivity contribution is -0.143. The van der Waals surface area contributed by atoms with Crippen molar-refractivity contribution in [1.29, 1.82) is 0 Å². The number of aromatic amines is 1. The fourth-order valence-electron chi connectivity index (χ4n) is 7.39. The summed E-state index contributed by atoms with van der Waals surface area (Å²) in [6, 6.07) is -0.0352.